The van der Waals surface area contributed by atoms with E-state index in [0.717, 1.165) is 5.92 Å². The average molecular weight is 203 g/mol. The first-order chi connectivity index (χ1) is 6.72. The largest absolute Gasteiger partial charge is 0.317 e. The van der Waals surface area contributed by atoms with E-state index in [2.05, 4.69) is 26.1 Å². The third-order valence-corrected chi connectivity index (χ3v) is 2.32. The van der Waals surface area contributed by atoms with Crippen LogP contribution in [0.15, 0.2) is 0 Å². The normalized spacial score (nSPS) is 12.9. The van der Waals surface area contributed by atoms with Gasteiger partial charge >= 0.3 is 0 Å². The van der Waals surface area contributed by atoms with Crippen LogP contribution >= 0.6 is 0 Å². The van der Waals surface area contributed by atoms with Crippen LogP contribution in [-0.2, 0) is 0 Å². The first-order valence-electron chi connectivity index (χ1n) is 6.39. The third-order valence-electron chi connectivity index (χ3n) is 2.32. The van der Waals surface area contributed by atoms with Crippen LogP contribution in [0, 0.1) is 5.92 Å². The minimum atomic E-state index is 0.673. The molecule has 1 heteroatoms. The Bertz CT molecular complexity index is 71.6. The van der Waals surface area contributed by atoms with Gasteiger partial charge in [-0.15, -0.1) is 0 Å². The molecule has 0 fully saturated rings. The Labute approximate surface area is 92.7 Å². The Morgan fingerprint density at radius 3 is 1.71 bits per heavy atom. The molecule has 0 aromatic heterocycles. The molecule has 0 aromatic rings. The number of hydrogen-bond donors (Lipinski definition) is 1. The van der Waals surface area contributed by atoms with E-state index < -0.39 is 0 Å². The van der Waals surface area contributed by atoms with Crippen LogP contribution in [0.1, 0.15) is 67.7 Å². The van der Waals surface area contributed by atoms with Gasteiger partial charge in [0.2, 0.25) is 0 Å². The van der Waals surface area contributed by atoms with Crippen LogP contribution in [-0.4, -0.2) is 13.1 Å². The van der Waals surface area contributed by atoms with Gasteiger partial charge in [0.15, 0.2) is 0 Å². The van der Waals surface area contributed by atoms with Crippen molar-refractivity contribution in [1.29, 1.82) is 0 Å². The van der Waals surface area contributed by atoms with Crippen LogP contribution in [0.2, 0.25) is 0 Å². The summed E-state index contributed by atoms with van der Waals surface area (Å²) in [6.45, 7) is 14.8. The molecule has 90 valence electrons. The molecule has 14 heavy (non-hydrogen) atoms. The molecule has 0 aliphatic heterocycles. The van der Waals surface area contributed by atoms with Gasteiger partial charge in [0.25, 0.3) is 0 Å². The first-order valence-corrected chi connectivity index (χ1v) is 6.39. The minimum Gasteiger partial charge on any atom is -0.317 e. The summed E-state index contributed by atoms with van der Waals surface area (Å²) in [5.74, 6) is 0.824. The monoisotopic (exact) mass is 203 g/mol. The second-order valence-corrected chi connectivity index (χ2v) is 3.20. The fourth-order valence-electron chi connectivity index (χ4n) is 1.06. The van der Waals surface area contributed by atoms with E-state index in [1.807, 2.05) is 34.7 Å². The fraction of sp³-hybridized carbons (Fsp3) is 1.00. The molecule has 1 N–H and O–H groups in total. The van der Waals surface area contributed by atoms with Crippen molar-refractivity contribution in [2.24, 2.45) is 5.92 Å². The van der Waals surface area contributed by atoms with Crippen LogP contribution in [0.3, 0.4) is 0 Å². The lowest BCUT2D eigenvalue weighted by molar-refractivity contribution is 0.390. The molecule has 0 saturated carbocycles. The molecule has 0 bridgehead atoms. The van der Waals surface area contributed by atoms with E-state index in [1.54, 1.807) is 0 Å². The smallest absolute Gasteiger partial charge is 0.00613 e. The van der Waals surface area contributed by atoms with E-state index in [0.29, 0.717) is 6.04 Å². The number of unbranched alkanes of at least 4 members (excludes halogenated alkanes) is 1. The lowest BCUT2D eigenvalue weighted by Gasteiger charge is -2.18. The molecule has 0 aliphatic carbocycles. The Balaban J connectivity index is -0.000000266. The average Bonchev–Trinajstić information content (AvgIpc) is 2.30. The molecule has 0 radical (unpaired) electrons. The standard InChI is InChI=1S/C9H21N.2C2H6/c1-5-6-7-8(2)9(3)10-4;2*1-2/h8-10H,5-7H2,1-4H3;2*1-2H3. The first kappa shape index (κ1) is 19.5. The Hall–Kier alpha value is -0.0400. The van der Waals surface area contributed by atoms with Crippen LogP contribution in [0.5, 0.6) is 0 Å². The summed E-state index contributed by atoms with van der Waals surface area (Å²) in [5, 5.41) is 3.27. The third kappa shape index (κ3) is 14.5. The van der Waals surface area contributed by atoms with Crippen molar-refractivity contribution in [3.05, 3.63) is 0 Å². The zero-order valence-corrected chi connectivity index (χ0v) is 11.8. The van der Waals surface area contributed by atoms with Gasteiger partial charge in [0, 0.05) is 6.04 Å². The Morgan fingerprint density at radius 2 is 1.43 bits per heavy atom. The molecule has 2 unspecified atom stereocenters. The van der Waals surface area contributed by atoms with Gasteiger partial charge in [-0.3, -0.25) is 0 Å². The second kappa shape index (κ2) is 18.7. The van der Waals surface area contributed by atoms with Crippen molar-refractivity contribution in [3.8, 4) is 0 Å². The predicted molar refractivity (Wildman–Crippen MR) is 69.9 cm³/mol. The topological polar surface area (TPSA) is 12.0 Å². The summed E-state index contributed by atoms with van der Waals surface area (Å²) in [6.07, 6.45) is 4.05. The highest BCUT2D eigenvalue weighted by molar-refractivity contribution is 4.65. The summed E-state index contributed by atoms with van der Waals surface area (Å²) in [5.41, 5.74) is 0. The molecule has 0 saturated heterocycles. The summed E-state index contributed by atoms with van der Waals surface area (Å²) in [4.78, 5) is 0. The van der Waals surface area contributed by atoms with Gasteiger partial charge in [-0.2, -0.15) is 0 Å². The highest BCUT2D eigenvalue weighted by Gasteiger charge is 2.07. The van der Waals surface area contributed by atoms with Gasteiger partial charge in [-0.05, 0) is 26.3 Å². The summed E-state index contributed by atoms with van der Waals surface area (Å²) < 4.78 is 0. The van der Waals surface area contributed by atoms with E-state index in [9.17, 15) is 0 Å². The van der Waals surface area contributed by atoms with Gasteiger partial charge in [0.1, 0.15) is 0 Å². The van der Waals surface area contributed by atoms with Gasteiger partial charge in [-0.1, -0.05) is 54.4 Å². The maximum absolute atomic E-state index is 3.27. The molecular formula is C13H33N. The zero-order chi connectivity index (χ0) is 12.0. The maximum atomic E-state index is 3.27. The van der Waals surface area contributed by atoms with Crippen molar-refractivity contribution in [3.63, 3.8) is 0 Å². The summed E-state index contributed by atoms with van der Waals surface area (Å²) >= 11 is 0. The number of rotatable bonds is 5. The molecule has 0 aromatic carbocycles. The fourth-order valence-corrected chi connectivity index (χ4v) is 1.06. The molecule has 0 rings (SSSR count). The molecule has 0 spiro atoms. The summed E-state index contributed by atoms with van der Waals surface area (Å²) in [7, 11) is 2.03. The molecule has 0 heterocycles. The molecule has 0 aliphatic rings. The highest BCUT2D eigenvalue weighted by atomic mass is 14.9. The molecule has 1 nitrogen and oxygen atoms in total. The van der Waals surface area contributed by atoms with Crippen molar-refractivity contribution >= 4 is 0 Å². The van der Waals surface area contributed by atoms with Gasteiger partial charge in [-0.25, -0.2) is 0 Å². The van der Waals surface area contributed by atoms with Gasteiger partial charge in [0.05, 0.1) is 0 Å². The number of nitrogens with one attached hydrogen (secondary N) is 1. The lowest BCUT2D eigenvalue weighted by Crippen LogP contribution is -2.28. The van der Waals surface area contributed by atoms with E-state index >= 15 is 0 Å². The zero-order valence-electron chi connectivity index (χ0n) is 11.8. The second-order valence-electron chi connectivity index (χ2n) is 3.20. The van der Waals surface area contributed by atoms with E-state index in [-0.39, 0.29) is 0 Å². The summed E-state index contributed by atoms with van der Waals surface area (Å²) in [6, 6.07) is 0.673. The molecule has 2 atom stereocenters. The molecule has 0 amide bonds. The van der Waals surface area contributed by atoms with Crippen molar-refractivity contribution in [2.75, 3.05) is 7.05 Å². The van der Waals surface area contributed by atoms with Gasteiger partial charge < -0.3 is 5.32 Å². The quantitative estimate of drug-likeness (QED) is 0.695. The minimum absolute atomic E-state index is 0.673. The van der Waals surface area contributed by atoms with Crippen molar-refractivity contribution < 1.29 is 0 Å². The van der Waals surface area contributed by atoms with Crippen LogP contribution in [0.25, 0.3) is 0 Å². The number of hydrogen-bond acceptors (Lipinski definition) is 1. The lowest BCUT2D eigenvalue weighted by atomic mass is 9.97. The SMILES string of the molecule is CC.CC.CCCCC(C)C(C)NC. The Morgan fingerprint density at radius 1 is 1.00 bits per heavy atom. The van der Waals surface area contributed by atoms with Crippen molar-refractivity contribution in [2.45, 2.75) is 73.8 Å². The van der Waals surface area contributed by atoms with Crippen LogP contribution < -0.4 is 5.32 Å². The van der Waals surface area contributed by atoms with Crippen molar-refractivity contribution in [1.82, 2.24) is 5.32 Å². The maximum Gasteiger partial charge on any atom is 0.00613 e. The highest BCUT2D eigenvalue weighted by Crippen LogP contribution is 2.10. The van der Waals surface area contributed by atoms with E-state index in [4.69, 9.17) is 0 Å². The molecular weight excluding hydrogens is 170 g/mol. The van der Waals surface area contributed by atoms with E-state index in [1.165, 1.54) is 19.3 Å². The Kier molecular flexibility index (Phi) is 26.1. The predicted octanol–water partition coefficient (Wildman–Crippen LogP) is 4.47. The van der Waals surface area contributed by atoms with Crippen LogP contribution in [0.4, 0.5) is 0 Å².